The van der Waals surface area contributed by atoms with E-state index >= 15 is 0 Å². The van der Waals surface area contributed by atoms with Crippen LogP contribution in [0.3, 0.4) is 0 Å². The molecule has 0 aliphatic carbocycles. The Morgan fingerprint density at radius 2 is 2.20 bits per heavy atom. The van der Waals surface area contributed by atoms with Gasteiger partial charge in [0, 0.05) is 12.6 Å². The second kappa shape index (κ2) is 5.66. The van der Waals surface area contributed by atoms with Gasteiger partial charge < -0.3 is 15.2 Å². The van der Waals surface area contributed by atoms with Crippen molar-refractivity contribution in [1.82, 2.24) is 10.3 Å². The van der Waals surface area contributed by atoms with Crippen LogP contribution < -0.4 is 10.1 Å². The van der Waals surface area contributed by atoms with E-state index < -0.39 is 23.4 Å². The lowest BCUT2D eigenvalue weighted by Crippen LogP contribution is -2.37. The first-order chi connectivity index (χ1) is 9.36. The number of carbonyl (C=O) groups is 1. The molecule has 1 aromatic heterocycles. The summed E-state index contributed by atoms with van der Waals surface area (Å²) in [5.74, 6) is -1.77. The number of ether oxygens (including phenoxy) is 1. The van der Waals surface area contributed by atoms with E-state index in [0.29, 0.717) is 19.0 Å². The van der Waals surface area contributed by atoms with Gasteiger partial charge in [-0.25, -0.2) is 9.78 Å². The highest BCUT2D eigenvalue weighted by Gasteiger charge is 2.34. The van der Waals surface area contributed by atoms with Crippen LogP contribution in [-0.4, -0.2) is 35.3 Å². The summed E-state index contributed by atoms with van der Waals surface area (Å²) in [6.45, 7) is 1.33. The van der Waals surface area contributed by atoms with Crippen molar-refractivity contribution in [2.24, 2.45) is 0 Å². The molecule has 2 N–H and O–H groups in total. The molecule has 0 bridgehead atoms. The fourth-order valence-electron chi connectivity index (χ4n) is 1.93. The van der Waals surface area contributed by atoms with Gasteiger partial charge in [0.05, 0.1) is 5.56 Å². The third-order valence-corrected chi connectivity index (χ3v) is 2.88. The molecular formula is C12H13F3N2O3. The predicted octanol–water partition coefficient (Wildman–Crippen LogP) is 1.93. The highest BCUT2D eigenvalue weighted by Crippen LogP contribution is 2.30. The Morgan fingerprint density at radius 3 is 2.75 bits per heavy atom. The van der Waals surface area contributed by atoms with Crippen molar-refractivity contribution in [2.45, 2.75) is 25.1 Å². The molecule has 1 fully saturated rings. The first kappa shape index (κ1) is 14.6. The molecule has 0 amide bonds. The number of alkyl halides is 3. The molecule has 1 atom stereocenters. The first-order valence-electron chi connectivity index (χ1n) is 6.06. The van der Waals surface area contributed by atoms with Crippen molar-refractivity contribution >= 4 is 5.97 Å². The van der Waals surface area contributed by atoms with E-state index in [0.717, 1.165) is 19.0 Å². The van der Waals surface area contributed by atoms with E-state index in [2.05, 4.69) is 10.3 Å². The lowest BCUT2D eigenvalue weighted by Gasteiger charge is -2.23. The van der Waals surface area contributed by atoms with E-state index in [1.54, 1.807) is 0 Å². The maximum atomic E-state index is 12.7. The SMILES string of the molecule is O=C(O)c1cc(OC2CCCNC2)nc(C(F)(F)F)c1. The lowest BCUT2D eigenvalue weighted by atomic mass is 10.1. The third kappa shape index (κ3) is 3.60. The zero-order valence-corrected chi connectivity index (χ0v) is 10.4. The summed E-state index contributed by atoms with van der Waals surface area (Å²) < 4.78 is 43.3. The number of aromatic nitrogens is 1. The number of carboxylic acids is 1. The van der Waals surface area contributed by atoms with Crippen molar-refractivity contribution in [3.05, 3.63) is 23.4 Å². The Hall–Kier alpha value is -1.83. The number of carboxylic acid groups (broad SMARTS) is 1. The van der Waals surface area contributed by atoms with Gasteiger partial charge in [-0.05, 0) is 25.5 Å². The topological polar surface area (TPSA) is 71.5 Å². The summed E-state index contributed by atoms with van der Waals surface area (Å²) in [6, 6.07) is 1.50. The molecule has 8 heteroatoms. The van der Waals surface area contributed by atoms with Crippen LogP contribution in [0.4, 0.5) is 13.2 Å². The van der Waals surface area contributed by atoms with E-state index in [-0.39, 0.29) is 12.0 Å². The number of piperidine rings is 1. The normalized spacial score (nSPS) is 19.6. The molecule has 5 nitrogen and oxygen atoms in total. The number of aromatic carboxylic acids is 1. The molecule has 0 spiro atoms. The Morgan fingerprint density at radius 1 is 1.45 bits per heavy atom. The predicted molar refractivity (Wildman–Crippen MR) is 62.7 cm³/mol. The van der Waals surface area contributed by atoms with Crippen molar-refractivity contribution in [3.8, 4) is 5.88 Å². The average Bonchev–Trinajstić information content (AvgIpc) is 2.38. The molecule has 1 aromatic rings. The van der Waals surface area contributed by atoms with Crippen molar-refractivity contribution < 1.29 is 27.8 Å². The highest BCUT2D eigenvalue weighted by atomic mass is 19.4. The maximum absolute atomic E-state index is 12.7. The van der Waals surface area contributed by atoms with Gasteiger partial charge >= 0.3 is 12.1 Å². The Kier molecular flexibility index (Phi) is 4.12. The number of hydrogen-bond donors (Lipinski definition) is 2. The van der Waals surface area contributed by atoms with Crippen molar-refractivity contribution in [1.29, 1.82) is 0 Å². The van der Waals surface area contributed by atoms with Gasteiger partial charge in [0.25, 0.3) is 0 Å². The maximum Gasteiger partial charge on any atom is 0.433 e. The minimum atomic E-state index is -4.71. The molecule has 0 aromatic carbocycles. The van der Waals surface area contributed by atoms with E-state index in [4.69, 9.17) is 9.84 Å². The van der Waals surface area contributed by atoms with Crippen LogP contribution >= 0.6 is 0 Å². The molecule has 1 aliphatic heterocycles. The van der Waals surface area contributed by atoms with Crippen molar-refractivity contribution in [2.75, 3.05) is 13.1 Å². The molecule has 2 rings (SSSR count). The van der Waals surface area contributed by atoms with Gasteiger partial charge in [-0.2, -0.15) is 13.2 Å². The average molecular weight is 290 g/mol. The van der Waals surface area contributed by atoms with Crippen LogP contribution in [0.2, 0.25) is 0 Å². The Labute approximate surface area is 112 Å². The molecular weight excluding hydrogens is 277 g/mol. The monoisotopic (exact) mass is 290 g/mol. The fourth-order valence-corrected chi connectivity index (χ4v) is 1.93. The zero-order chi connectivity index (χ0) is 14.8. The molecule has 0 radical (unpaired) electrons. The standard InChI is InChI=1S/C12H13F3N2O3/c13-12(14,15)9-4-7(11(18)19)5-10(17-9)20-8-2-1-3-16-6-8/h4-5,8,16H,1-3,6H2,(H,18,19). The van der Waals surface area contributed by atoms with Gasteiger partial charge in [0.1, 0.15) is 11.8 Å². The van der Waals surface area contributed by atoms with Gasteiger partial charge in [-0.15, -0.1) is 0 Å². The Bertz CT molecular complexity index is 499. The van der Waals surface area contributed by atoms with Crippen LogP contribution in [0.15, 0.2) is 12.1 Å². The van der Waals surface area contributed by atoms with E-state index in [1.165, 1.54) is 0 Å². The minimum Gasteiger partial charge on any atom is -0.478 e. The van der Waals surface area contributed by atoms with Gasteiger partial charge in [-0.1, -0.05) is 0 Å². The molecule has 20 heavy (non-hydrogen) atoms. The number of pyridine rings is 1. The van der Waals surface area contributed by atoms with Crippen molar-refractivity contribution in [3.63, 3.8) is 0 Å². The minimum absolute atomic E-state index is 0.304. The van der Waals surface area contributed by atoms with Gasteiger partial charge in [0.2, 0.25) is 5.88 Å². The number of nitrogens with one attached hydrogen (secondary N) is 1. The van der Waals surface area contributed by atoms with E-state index in [9.17, 15) is 18.0 Å². The smallest absolute Gasteiger partial charge is 0.433 e. The summed E-state index contributed by atoms with van der Waals surface area (Å²) in [5.41, 5.74) is -1.76. The van der Waals surface area contributed by atoms with Crippen LogP contribution in [0.5, 0.6) is 5.88 Å². The summed E-state index contributed by atoms with van der Waals surface area (Å²) in [4.78, 5) is 14.2. The second-order valence-corrected chi connectivity index (χ2v) is 4.47. The molecule has 0 saturated carbocycles. The number of rotatable bonds is 3. The Balaban J connectivity index is 2.26. The second-order valence-electron chi connectivity index (χ2n) is 4.47. The zero-order valence-electron chi connectivity index (χ0n) is 10.4. The van der Waals surface area contributed by atoms with E-state index in [1.807, 2.05) is 0 Å². The molecule has 1 saturated heterocycles. The molecule has 1 aliphatic rings. The first-order valence-corrected chi connectivity index (χ1v) is 6.06. The number of nitrogens with zero attached hydrogens (tertiary/aromatic N) is 1. The quantitative estimate of drug-likeness (QED) is 0.890. The largest absolute Gasteiger partial charge is 0.478 e. The summed E-state index contributed by atoms with van der Waals surface area (Å²) >= 11 is 0. The van der Waals surface area contributed by atoms with Gasteiger partial charge in [0.15, 0.2) is 0 Å². The third-order valence-electron chi connectivity index (χ3n) is 2.88. The van der Waals surface area contributed by atoms with Crippen LogP contribution in [0, 0.1) is 0 Å². The summed E-state index contributed by atoms with van der Waals surface area (Å²) in [5, 5.41) is 11.9. The summed E-state index contributed by atoms with van der Waals surface area (Å²) in [6.07, 6.45) is -3.49. The lowest BCUT2D eigenvalue weighted by molar-refractivity contribution is -0.141. The number of hydrogen-bond acceptors (Lipinski definition) is 4. The van der Waals surface area contributed by atoms with Crippen LogP contribution in [0.1, 0.15) is 28.9 Å². The highest BCUT2D eigenvalue weighted by molar-refractivity contribution is 5.88. The molecule has 110 valence electrons. The van der Waals surface area contributed by atoms with Crippen LogP contribution in [-0.2, 0) is 6.18 Å². The van der Waals surface area contributed by atoms with Gasteiger partial charge in [-0.3, -0.25) is 0 Å². The fraction of sp³-hybridized carbons (Fsp3) is 0.500. The molecule has 2 heterocycles. The molecule has 1 unspecified atom stereocenters. The summed E-state index contributed by atoms with van der Waals surface area (Å²) in [7, 11) is 0. The number of halogens is 3. The van der Waals surface area contributed by atoms with Crippen LogP contribution in [0.25, 0.3) is 0 Å².